The summed E-state index contributed by atoms with van der Waals surface area (Å²) >= 11 is 0. The van der Waals surface area contributed by atoms with E-state index in [0.29, 0.717) is 23.0 Å². The van der Waals surface area contributed by atoms with Crippen molar-refractivity contribution in [1.29, 1.82) is 0 Å². The highest BCUT2D eigenvalue weighted by Crippen LogP contribution is 2.29. The van der Waals surface area contributed by atoms with Crippen LogP contribution in [0, 0.1) is 6.92 Å². The Labute approximate surface area is 157 Å². The maximum atomic E-state index is 12.6. The van der Waals surface area contributed by atoms with Gasteiger partial charge in [0.1, 0.15) is 29.3 Å². The average Bonchev–Trinajstić information content (AvgIpc) is 2.68. The Bertz CT molecular complexity index is 959. The van der Waals surface area contributed by atoms with Crippen LogP contribution in [0.25, 0.3) is 0 Å². The number of aromatic nitrogens is 2. The first kappa shape index (κ1) is 18.2. The number of hydrogen-bond acceptors (Lipinski definition) is 6. The Morgan fingerprint density at radius 2 is 1.85 bits per heavy atom. The summed E-state index contributed by atoms with van der Waals surface area (Å²) < 4.78 is 10.5. The van der Waals surface area contributed by atoms with E-state index in [1.807, 2.05) is 31.2 Å². The molecule has 1 heterocycles. The van der Waals surface area contributed by atoms with E-state index in [9.17, 15) is 4.79 Å². The lowest BCUT2D eigenvalue weighted by Crippen LogP contribution is -2.15. The first-order chi connectivity index (χ1) is 13.1. The van der Waals surface area contributed by atoms with E-state index in [2.05, 4.69) is 20.6 Å². The van der Waals surface area contributed by atoms with Crippen molar-refractivity contribution in [1.82, 2.24) is 9.97 Å². The van der Waals surface area contributed by atoms with Crippen molar-refractivity contribution in [2.45, 2.75) is 6.92 Å². The molecule has 0 aliphatic carbocycles. The normalized spacial score (nSPS) is 10.2. The maximum absolute atomic E-state index is 12.6. The second-order valence-electron chi connectivity index (χ2n) is 5.80. The van der Waals surface area contributed by atoms with Crippen LogP contribution in [0.2, 0.25) is 0 Å². The van der Waals surface area contributed by atoms with Gasteiger partial charge in [0.2, 0.25) is 0 Å². The van der Waals surface area contributed by atoms with Gasteiger partial charge in [0, 0.05) is 17.8 Å². The summed E-state index contributed by atoms with van der Waals surface area (Å²) in [5.74, 6) is 1.29. The Morgan fingerprint density at radius 3 is 2.59 bits per heavy atom. The summed E-state index contributed by atoms with van der Waals surface area (Å²) in [5.41, 5.74) is 2.77. The van der Waals surface area contributed by atoms with Gasteiger partial charge in [-0.2, -0.15) is 0 Å². The minimum Gasteiger partial charge on any atom is -0.497 e. The third kappa shape index (κ3) is 4.52. The van der Waals surface area contributed by atoms with E-state index < -0.39 is 0 Å². The number of anilines is 3. The topological polar surface area (TPSA) is 85.4 Å². The fraction of sp³-hybridized carbons (Fsp3) is 0.150. The lowest BCUT2D eigenvalue weighted by Gasteiger charge is -2.12. The molecule has 7 heteroatoms. The van der Waals surface area contributed by atoms with Crippen LogP contribution in [0.15, 0.2) is 54.9 Å². The van der Waals surface area contributed by atoms with E-state index in [0.717, 1.165) is 11.3 Å². The van der Waals surface area contributed by atoms with Gasteiger partial charge in [0.25, 0.3) is 5.91 Å². The van der Waals surface area contributed by atoms with Gasteiger partial charge in [-0.1, -0.05) is 12.1 Å². The van der Waals surface area contributed by atoms with Gasteiger partial charge in [-0.05, 0) is 36.8 Å². The lowest BCUT2D eigenvalue weighted by molar-refractivity contribution is 0.102. The average molecular weight is 364 g/mol. The Morgan fingerprint density at radius 1 is 1.00 bits per heavy atom. The van der Waals surface area contributed by atoms with Crippen LogP contribution < -0.4 is 20.1 Å². The van der Waals surface area contributed by atoms with Crippen molar-refractivity contribution >= 4 is 23.1 Å². The third-order valence-corrected chi connectivity index (χ3v) is 3.85. The Balaban J connectivity index is 1.77. The second-order valence-corrected chi connectivity index (χ2v) is 5.80. The summed E-state index contributed by atoms with van der Waals surface area (Å²) in [6, 6.07) is 14.6. The van der Waals surface area contributed by atoms with Crippen molar-refractivity contribution in [3.05, 3.63) is 66.1 Å². The highest BCUT2D eigenvalue weighted by atomic mass is 16.5. The number of nitrogens with one attached hydrogen (secondary N) is 2. The van der Waals surface area contributed by atoms with E-state index in [1.54, 1.807) is 31.4 Å². The number of hydrogen-bond donors (Lipinski definition) is 2. The van der Waals surface area contributed by atoms with Crippen molar-refractivity contribution in [3.8, 4) is 11.5 Å². The number of ether oxygens (including phenoxy) is 2. The largest absolute Gasteiger partial charge is 0.497 e. The predicted octanol–water partition coefficient (Wildman–Crippen LogP) is 3.80. The smallest absolute Gasteiger partial charge is 0.274 e. The summed E-state index contributed by atoms with van der Waals surface area (Å²) in [5, 5.41) is 5.96. The number of carbonyl (C=O) groups excluding carboxylic acids is 1. The summed E-state index contributed by atoms with van der Waals surface area (Å²) in [4.78, 5) is 20.8. The monoisotopic (exact) mass is 364 g/mol. The molecule has 0 bridgehead atoms. The van der Waals surface area contributed by atoms with Gasteiger partial charge in [-0.3, -0.25) is 4.79 Å². The molecule has 27 heavy (non-hydrogen) atoms. The number of benzene rings is 2. The third-order valence-electron chi connectivity index (χ3n) is 3.85. The molecular formula is C20H20N4O3. The van der Waals surface area contributed by atoms with E-state index in [4.69, 9.17) is 9.47 Å². The van der Waals surface area contributed by atoms with Gasteiger partial charge in [0.15, 0.2) is 0 Å². The van der Waals surface area contributed by atoms with Gasteiger partial charge < -0.3 is 20.1 Å². The molecule has 0 saturated heterocycles. The fourth-order valence-electron chi connectivity index (χ4n) is 2.51. The fourth-order valence-corrected chi connectivity index (χ4v) is 2.51. The molecule has 1 amide bonds. The number of nitrogens with zero attached hydrogens (tertiary/aromatic N) is 2. The van der Waals surface area contributed by atoms with E-state index in [-0.39, 0.29) is 11.6 Å². The van der Waals surface area contributed by atoms with Crippen LogP contribution in [-0.2, 0) is 0 Å². The van der Waals surface area contributed by atoms with Gasteiger partial charge in [0.05, 0.1) is 19.9 Å². The Hall–Kier alpha value is -3.61. The second kappa shape index (κ2) is 8.18. The number of carbonyl (C=O) groups is 1. The zero-order valence-electron chi connectivity index (χ0n) is 15.3. The number of aryl methyl sites for hydroxylation is 1. The van der Waals surface area contributed by atoms with E-state index >= 15 is 0 Å². The van der Waals surface area contributed by atoms with Gasteiger partial charge in [-0.25, -0.2) is 9.97 Å². The highest BCUT2D eigenvalue weighted by Gasteiger charge is 2.13. The summed E-state index contributed by atoms with van der Waals surface area (Å²) in [6.07, 6.45) is 1.35. The number of amides is 1. The molecule has 0 aliphatic rings. The van der Waals surface area contributed by atoms with Crippen LogP contribution in [0.5, 0.6) is 11.5 Å². The molecule has 2 N–H and O–H groups in total. The van der Waals surface area contributed by atoms with Gasteiger partial charge in [-0.15, -0.1) is 0 Å². The summed E-state index contributed by atoms with van der Waals surface area (Å²) in [7, 11) is 3.09. The molecule has 0 atom stereocenters. The van der Waals surface area contributed by atoms with Crippen LogP contribution in [0.3, 0.4) is 0 Å². The van der Waals surface area contributed by atoms with Crippen molar-refractivity contribution < 1.29 is 14.3 Å². The molecule has 7 nitrogen and oxygen atoms in total. The molecule has 0 aliphatic heterocycles. The summed E-state index contributed by atoms with van der Waals surface area (Å²) in [6.45, 7) is 2.01. The van der Waals surface area contributed by atoms with Crippen LogP contribution in [0.1, 0.15) is 16.1 Å². The molecule has 1 aromatic heterocycles. The molecule has 0 spiro atoms. The molecule has 3 rings (SSSR count). The quantitative estimate of drug-likeness (QED) is 0.692. The molecule has 0 radical (unpaired) electrons. The lowest BCUT2D eigenvalue weighted by atomic mass is 10.2. The molecular weight excluding hydrogens is 344 g/mol. The molecule has 138 valence electrons. The predicted molar refractivity (Wildman–Crippen MR) is 104 cm³/mol. The van der Waals surface area contributed by atoms with Crippen LogP contribution in [0.4, 0.5) is 17.2 Å². The molecule has 0 saturated carbocycles. The van der Waals surface area contributed by atoms with E-state index in [1.165, 1.54) is 13.4 Å². The molecule has 0 fully saturated rings. The maximum Gasteiger partial charge on any atom is 0.274 e. The Kier molecular flexibility index (Phi) is 5.51. The zero-order chi connectivity index (χ0) is 19.2. The van der Waals surface area contributed by atoms with Crippen molar-refractivity contribution in [2.24, 2.45) is 0 Å². The molecule has 3 aromatic rings. The molecule has 2 aromatic carbocycles. The standard InChI is InChI=1S/C20H20N4O3/c1-13-5-4-6-14(9-13)23-19-11-17(21-12-22-19)20(25)24-16-8-7-15(26-2)10-18(16)27-3/h4-12H,1-3H3,(H,24,25)(H,21,22,23). The first-order valence-corrected chi connectivity index (χ1v) is 8.28. The first-order valence-electron chi connectivity index (χ1n) is 8.28. The van der Waals surface area contributed by atoms with Crippen molar-refractivity contribution in [3.63, 3.8) is 0 Å². The molecule has 0 unspecified atom stereocenters. The SMILES string of the molecule is COc1ccc(NC(=O)c2cc(Nc3cccc(C)c3)ncn2)c(OC)c1. The van der Waals surface area contributed by atoms with Crippen LogP contribution in [-0.4, -0.2) is 30.1 Å². The highest BCUT2D eigenvalue weighted by molar-refractivity contribution is 6.04. The van der Waals surface area contributed by atoms with Crippen molar-refractivity contribution in [2.75, 3.05) is 24.9 Å². The zero-order valence-corrected chi connectivity index (χ0v) is 15.3. The van der Waals surface area contributed by atoms with Gasteiger partial charge >= 0.3 is 0 Å². The minimum atomic E-state index is -0.367. The number of methoxy groups -OCH3 is 2. The minimum absolute atomic E-state index is 0.234. The number of rotatable bonds is 6. The van der Waals surface area contributed by atoms with Crippen LogP contribution >= 0.6 is 0 Å².